The van der Waals surface area contributed by atoms with Crippen LogP contribution in [0.1, 0.15) is 21.7 Å². The topological polar surface area (TPSA) is 115 Å². The van der Waals surface area contributed by atoms with Gasteiger partial charge >= 0.3 is 0 Å². The summed E-state index contributed by atoms with van der Waals surface area (Å²) in [5.74, 6) is 0.894. The van der Waals surface area contributed by atoms with Crippen LogP contribution in [-0.4, -0.2) is 46.4 Å². The number of ether oxygens (including phenoxy) is 2. The maximum Gasteiger partial charge on any atom is 0.270 e. The van der Waals surface area contributed by atoms with E-state index in [1.54, 1.807) is 29.2 Å². The summed E-state index contributed by atoms with van der Waals surface area (Å²) in [4.78, 5) is 39.9. The number of carbonyl (C=O) groups is 2. The molecule has 0 fully saturated rings. The Morgan fingerprint density at radius 1 is 1.08 bits per heavy atom. The van der Waals surface area contributed by atoms with Crippen molar-refractivity contribution < 1.29 is 28.4 Å². The molecule has 0 bridgehead atoms. The van der Waals surface area contributed by atoms with Gasteiger partial charge in [0.1, 0.15) is 12.3 Å². The average molecular weight is 512 g/mol. The van der Waals surface area contributed by atoms with Crippen molar-refractivity contribution in [1.29, 1.82) is 0 Å². The molecule has 36 heavy (non-hydrogen) atoms. The van der Waals surface area contributed by atoms with Crippen LogP contribution in [0.15, 0.2) is 71.9 Å². The van der Waals surface area contributed by atoms with Gasteiger partial charge in [-0.3, -0.25) is 19.7 Å². The predicted octanol–water partition coefficient (Wildman–Crippen LogP) is 4.43. The van der Waals surface area contributed by atoms with E-state index in [9.17, 15) is 19.7 Å². The number of amides is 2. The van der Waals surface area contributed by atoms with Crippen LogP contribution >= 0.6 is 11.6 Å². The highest BCUT2D eigenvalue weighted by Crippen LogP contribution is 2.33. The summed E-state index contributed by atoms with van der Waals surface area (Å²) in [6.07, 6.45) is 3.00. The minimum Gasteiger partial charge on any atom is -0.467 e. The molecular formula is C25H22ClN3O7. The lowest BCUT2D eigenvalue weighted by Gasteiger charge is -2.27. The van der Waals surface area contributed by atoms with Crippen LogP contribution in [0.5, 0.6) is 11.5 Å². The van der Waals surface area contributed by atoms with Crippen molar-refractivity contribution in [2.75, 3.05) is 19.9 Å². The van der Waals surface area contributed by atoms with Crippen molar-refractivity contribution in [3.05, 3.63) is 99.5 Å². The van der Waals surface area contributed by atoms with E-state index < -0.39 is 10.8 Å². The summed E-state index contributed by atoms with van der Waals surface area (Å²) in [7, 11) is 0. The van der Waals surface area contributed by atoms with E-state index in [0.29, 0.717) is 17.3 Å². The standard InChI is InChI=1S/C25H22ClN3O7/c1-2-9-27(25(31)20-7-6-18(29(32)33)12-21(20)26)15-24(30)28(14-19-4-3-10-34-19)13-17-5-8-22-23(11-17)36-16-35-22/h2-8,10-12H,1,9,13-16H2. The molecule has 2 amide bonds. The first kappa shape index (κ1) is 24.8. The lowest BCUT2D eigenvalue weighted by atomic mass is 10.1. The van der Waals surface area contributed by atoms with Gasteiger partial charge in [-0.05, 0) is 35.9 Å². The zero-order chi connectivity index (χ0) is 25.7. The Morgan fingerprint density at radius 2 is 1.89 bits per heavy atom. The number of halogens is 1. The van der Waals surface area contributed by atoms with Gasteiger partial charge in [-0.1, -0.05) is 23.7 Å². The van der Waals surface area contributed by atoms with Crippen molar-refractivity contribution in [3.63, 3.8) is 0 Å². The van der Waals surface area contributed by atoms with Gasteiger partial charge in [0, 0.05) is 25.2 Å². The summed E-state index contributed by atoms with van der Waals surface area (Å²) in [6.45, 7) is 4.00. The fraction of sp³-hybridized carbons (Fsp3) is 0.200. The van der Waals surface area contributed by atoms with Crippen LogP contribution < -0.4 is 9.47 Å². The Balaban J connectivity index is 1.55. The van der Waals surface area contributed by atoms with Crippen molar-refractivity contribution in [3.8, 4) is 11.5 Å². The molecule has 11 heteroatoms. The lowest BCUT2D eigenvalue weighted by molar-refractivity contribution is -0.384. The number of fused-ring (bicyclic) bond motifs is 1. The number of non-ortho nitro benzene ring substituents is 1. The van der Waals surface area contributed by atoms with Crippen LogP contribution in [0.4, 0.5) is 5.69 Å². The second kappa shape index (κ2) is 11.0. The molecule has 0 radical (unpaired) electrons. The number of hydrogen-bond acceptors (Lipinski definition) is 7. The molecule has 2 heterocycles. The molecule has 0 aliphatic carbocycles. The Kier molecular flexibility index (Phi) is 7.55. The molecule has 1 aromatic heterocycles. The number of furan rings is 1. The molecule has 3 aromatic rings. The van der Waals surface area contributed by atoms with E-state index in [1.807, 2.05) is 6.07 Å². The van der Waals surface area contributed by atoms with E-state index >= 15 is 0 Å². The van der Waals surface area contributed by atoms with E-state index in [1.165, 1.54) is 29.4 Å². The fourth-order valence-electron chi connectivity index (χ4n) is 3.68. The Morgan fingerprint density at radius 3 is 2.58 bits per heavy atom. The first-order chi connectivity index (χ1) is 17.4. The molecule has 10 nitrogen and oxygen atoms in total. The number of nitro benzene ring substituents is 1. The van der Waals surface area contributed by atoms with Gasteiger partial charge in [-0.2, -0.15) is 0 Å². The second-order valence-corrected chi connectivity index (χ2v) is 8.32. The van der Waals surface area contributed by atoms with Gasteiger partial charge < -0.3 is 23.7 Å². The average Bonchev–Trinajstić information content (AvgIpc) is 3.54. The minimum absolute atomic E-state index is 0.0465. The van der Waals surface area contributed by atoms with Gasteiger partial charge in [0.2, 0.25) is 12.7 Å². The Hall–Kier alpha value is -4.31. The minimum atomic E-state index is -0.603. The van der Waals surface area contributed by atoms with Crippen LogP contribution in [0.3, 0.4) is 0 Å². The highest BCUT2D eigenvalue weighted by atomic mass is 35.5. The molecule has 0 atom stereocenters. The van der Waals surface area contributed by atoms with Gasteiger partial charge in [-0.15, -0.1) is 6.58 Å². The van der Waals surface area contributed by atoms with E-state index in [0.717, 1.165) is 11.6 Å². The monoisotopic (exact) mass is 511 g/mol. The summed E-state index contributed by atoms with van der Waals surface area (Å²) in [5.41, 5.74) is 0.612. The number of hydrogen-bond donors (Lipinski definition) is 0. The van der Waals surface area contributed by atoms with E-state index in [4.69, 9.17) is 25.5 Å². The zero-order valence-corrected chi connectivity index (χ0v) is 19.8. The van der Waals surface area contributed by atoms with Crippen molar-refractivity contribution in [1.82, 2.24) is 9.80 Å². The molecule has 0 N–H and O–H groups in total. The summed E-state index contributed by atoms with van der Waals surface area (Å²) in [6, 6.07) is 12.5. The maximum atomic E-state index is 13.4. The SMILES string of the molecule is C=CCN(CC(=O)N(Cc1ccc2c(c1)OCO2)Cc1ccco1)C(=O)c1ccc([N+](=O)[O-])cc1Cl. The van der Waals surface area contributed by atoms with Crippen LogP contribution in [0.2, 0.25) is 5.02 Å². The molecule has 1 aliphatic rings. The molecule has 186 valence electrons. The third-order valence-corrected chi connectivity index (χ3v) is 5.76. The summed E-state index contributed by atoms with van der Waals surface area (Å²) < 4.78 is 16.2. The summed E-state index contributed by atoms with van der Waals surface area (Å²) >= 11 is 6.15. The van der Waals surface area contributed by atoms with Gasteiger partial charge in [-0.25, -0.2) is 0 Å². The van der Waals surface area contributed by atoms with Gasteiger partial charge in [0.25, 0.3) is 11.6 Å². The van der Waals surface area contributed by atoms with Crippen molar-refractivity contribution in [2.24, 2.45) is 0 Å². The van der Waals surface area contributed by atoms with Crippen LogP contribution in [-0.2, 0) is 17.9 Å². The Labute approximate surface area is 211 Å². The summed E-state index contributed by atoms with van der Waals surface area (Å²) in [5, 5.41) is 10.9. The molecule has 4 rings (SSSR count). The van der Waals surface area contributed by atoms with Crippen LogP contribution in [0, 0.1) is 10.1 Å². The Bertz CT molecular complexity index is 1290. The molecule has 2 aromatic carbocycles. The predicted molar refractivity (Wildman–Crippen MR) is 130 cm³/mol. The van der Waals surface area contributed by atoms with E-state index in [2.05, 4.69) is 6.58 Å². The highest BCUT2D eigenvalue weighted by molar-refractivity contribution is 6.34. The first-order valence-electron chi connectivity index (χ1n) is 10.9. The third kappa shape index (κ3) is 5.66. The van der Waals surface area contributed by atoms with Gasteiger partial charge in [0.15, 0.2) is 11.5 Å². The number of nitro groups is 1. The smallest absolute Gasteiger partial charge is 0.270 e. The quantitative estimate of drug-likeness (QED) is 0.224. The molecule has 0 saturated heterocycles. The number of rotatable bonds is 10. The molecule has 0 saturated carbocycles. The molecule has 0 unspecified atom stereocenters. The molecule has 1 aliphatic heterocycles. The van der Waals surface area contributed by atoms with Crippen molar-refractivity contribution >= 4 is 29.1 Å². The number of benzene rings is 2. The van der Waals surface area contributed by atoms with E-state index in [-0.39, 0.29) is 55.2 Å². The number of carbonyl (C=O) groups excluding carboxylic acids is 2. The highest BCUT2D eigenvalue weighted by Gasteiger charge is 2.25. The molecular weight excluding hydrogens is 490 g/mol. The maximum absolute atomic E-state index is 13.4. The van der Waals surface area contributed by atoms with Gasteiger partial charge in [0.05, 0.1) is 28.3 Å². The van der Waals surface area contributed by atoms with Crippen molar-refractivity contribution in [2.45, 2.75) is 13.1 Å². The first-order valence-corrected chi connectivity index (χ1v) is 11.3. The second-order valence-electron chi connectivity index (χ2n) is 7.91. The lowest BCUT2D eigenvalue weighted by Crippen LogP contribution is -2.42. The fourth-order valence-corrected chi connectivity index (χ4v) is 3.94. The molecule has 0 spiro atoms. The zero-order valence-electron chi connectivity index (χ0n) is 19.1. The normalized spacial score (nSPS) is 11.7. The van der Waals surface area contributed by atoms with Crippen LogP contribution in [0.25, 0.3) is 0 Å². The largest absolute Gasteiger partial charge is 0.467 e. The number of nitrogens with zero attached hydrogens (tertiary/aromatic N) is 3. The third-order valence-electron chi connectivity index (χ3n) is 5.45.